The van der Waals surface area contributed by atoms with Crippen molar-refractivity contribution >= 4 is 23.6 Å². The maximum absolute atomic E-state index is 11.4. The molecule has 0 radical (unpaired) electrons. The molecule has 2 rings (SSSR count). The third-order valence-electron chi connectivity index (χ3n) is 4.06. The Morgan fingerprint density at radius 3 is 2.52 bits per heavy atom. The Labute approximate surface area is 165 Å². The van der Waals surface area contributed by atoms with Crippen LogP contribution in [0.2, 0.25) is 5.02 Å². The molecule has 0 bridgehead atoms. The maximum Gasteiger partial charge on any atom is 0.267 e. The molecule has 142 valence electrons. The van der Waals surface area contributed by atoms with Crippen molar-refractivity contribution in [2.75, 3.05) is 0 Å². The number of hydroxylamine groups is 1. The summed E-state index contributed by atoms with van der Waals surface area (Å²) in [4.78, 5) is 11.4. The van der Waals surface area contributed by atoms with Crippen molar-refractivity contribution in [3.05, 3.63) is 81.4 Å². The number of carbonyl (C=O) groups is 1. The van der Waals surface area contributed by atoms with Crippen LogP contribution in [0.3, 0.4) is 0 Å². The smallest absolute Gasteiger partial charge is 0.267 e. The minimum absolute atomic E-state index is 0.384. The van der Waals surface area contributed by atoms with Gasteiger partial charge in [-0.2, -0.15) is 0 Å². The lowest BCUT2D eigenvalue weighted by Crippen LogP contribution is -2.14. The molecule has 0 saturated heterocycles. The molecule has 4 nitrogen and oxygen atoms in total. The van der Waals surface area contributed by atoms with E-state index in [1.807, 2.05) is 43.3 Å². The van der Waals surface area contributed by atoms with E-state index in [-0.39, 0.29) is 0 Å². The zero-order valence-corrected chi connectivity index (χ0v) is 16.5. The van der Waals surface area contributed by atoms with Crippen LogP contribution in [-0.2, 0) is 17.8 Å². The quantitative estimate of drug-likeness (QED) is 0.296. The maximum atomic E-state index is 11.4. The molecule has 1 amide bonds. The second-order valence-corrected chi connectivity index (χ2v) is 6.93. The summed E-state index contributed by atoms with van der Waals surface area (Å²) in [6.45, 7) is 6.53. The fourth-order valence-corrected chi connectivity index (χ4v) is 2.67. The summed E-state index contributed by atoms with van der Waals surface area (Å²) in [5, 5.41) is 9.38. The van der Waals surface area contributed by atoms with Gasteiger partial charge in [-0.05, 0) is 56.5 Å². The number of hydrogen-bond donors (Lipinski definition) is 2. The Kier molecular flexibility index (Phi) is 7.65. The number of nitrogens with one attached hydrogen (secondary N) is 1. The fourth-order valence-electron chi connectivity index (χ4n) is 2.54. The third kappa shape index (κ3) is 6.27. The highest BCUT2D eigenvalue weighted by Gasteiger charge is 2.12. The summed E-state index contributed by atoms with van der Waals surface area (Å²) < 4.78 is 6.16. The van der Waals surface area contributed by atoms with Crippen LogP contribution in [0.1, 0.15) is 36.1 Å². The number of benzene rings is 2. The minimum atomic E-state index is -0.593. The summed E-state index contributed by atoms with van der Waals surface area (Å²) in [5.41, 5.74) is 6.77. The van der Waals surface area contributed by atoms with Crippen molar-refractivity contribution in [2.24, 2.45) is 0 Å². The number of halogens is 1. The van der Waals surface area contributed by atoms with Gasteiger partial charge in [-0.3, -0.25) is 10.0 Å². The van der Waals surface area contributed by atoms with Gasteiger partial charge in [0.1, 0.15) is 12.4 Å². The van der Waals surface area contributed by atoms with Crippen LogP contribution in [0.25, 0.3) is 6.08 Å². The molecule has 2 aromatic rings. The molecular formula is C22H24ClNO3. The monoisotopic (exact) mass is 385 g/mol. The summed E-state index contributed by atoms with van der Waals surface area (Å²) in [7, 11) is 0. The van der Waals surface area contributed by atoms with Crippen LogP contribution in [0.5, 0.6) is 5.75 Å². The predicted molar refractivity (Wildman–Crippen MR) is 109 cm³/mol. The van der Waals surface area contributed by atoms with Crippen LogP contribution in [-0.4, -0.2) is 11.1 Å². The molecule has 2 N–H and O–H groups in total. The Bertz CT molecular complexity index is 851. The standard InChI is InChI=1S/C22H24ClNO3/c1-15(2)4-12-20-16(3)5-8-18(9-13-21(25)24-26)22(20)27-14-17-6-10-19(23)11-7-17/h4-11,13,26H,12,14H2,1-3H3,(H,24,25)/b13-9-. The molecule has 5 heteroatoms. The number of aryl methyl sites for hydroxylation is 1. The zero-order chi connectivity index (χ0) is 19.8. The average Bonchev–Trinajstić information content (AvgIpc) is 2.65. The summed E-state index contributed by atoms with van der Waals surface area (Å²) in [5.74, 6) is 0.134. The first kappa shape index (κ1) is 20.7. The molecular weight excluding hydrogens is 362 g/mol. The number of amides is 1. The van der Waals surface area contributed by atoms with Crippen molar-refractivity contribution in [3.63, 3.8) is 0 Å². The Morgan fingerprint density at radius 2 is 1.89 bits per heavy atom. The molecule has 27 heavy (non-hydrogen) atoms. The van der Waals surface area contributed by atoms with Gasteiger partial charge in [0.25, 0.3) is 5.91 Å². The van der Waals surface area contributed by atoms with Gasteiger partial charge in [0, 0.05) is 22.2 Å². The van der Waals surface area contributed by atoms with E-state index in [0.717, 1.165) is 34.4 Å². The van der Waals surface area contributed by atoms with Crippen LogP contribution < -0.4 is 10.2 Å². The SMILES string of the molecule is CC(C)=CCc1c(C)ccc(/C=C\C(=O)NO)c1OCc1ccc(Cl)cc1. The van der Waals surface area contributed by atoms with Crippen molar-refractivity contribution in [3.8, 4) is 5.75 Å². The van der Waals surface area contributed by atoms with Crippen LogP contribution in [0, 0.1) is 6.92 Å². The van der Waals surface area contributed by atoms with E-state index in [0.29, 0.717) is 11.6 Å². The van der Waals surface area contributed by atoms with E-state index >= 15 is 0 Å². The minimum Gasteiger partial charge on any atom is -0.488 e. The molecule has 0 aliphatic carbocycles. The van der Waals surface area contributed by atoms with E-state index in [4.69, 9.17) is 21.5 Å². The Morgan fingerprint density at radius 1 is 1.19 bits per heavy atom. The zero-order valence-electron chi connectivity index (χ0n) is 15.8. The van der Waals surface area contributed by atoms with E-state index in [1.54, 1.807) is 11.6 Å². The van der Waals surface area contributed by atoms with Crippen molar-refractivity contribution in [1.82, 2.24) is 5.48 Å². The van der Waals surface area contributed by atoms with E-state index in [1.165, 1.54) is 11.6 Å². The lowest BCUT2D eigenvalue weighted by Gasteiger charge is -2.16. The van der Waals surface area contributed by atoms with Crippen LogP contribution in [0.15, 0.2) is 54.1 Å². The lowest BCUT2D eigenvalue weighted by molar-refractivity contribution is -0.124. The topological polar surface area (TPSA) is 58.6 Å². The van der Waals surface area contributed by atoms with Crippen LogP contribution in [0.4, 0.5) is 0 Å². The number of allylic oxidation sites excluding steroid dienone is 2. The molecule has 0 spiro atoms. The molecule has 0 aliphatic heterocycles. The molecule has 0 atom stereocenters. The number of hydrogen-bond acceptors (Lipinski definition) is 3. The van der Waals surface area contributed by atoms with E-state index in [9.17, 15) is 4.79 Å². The highest BCUT2D eigenvalue weighted by atomic mass is 35.5. The van der Waals surface area contributed by atoms with Crippen LogP contribution >= 0.6 is 11.6 Å². The van der Waals surface area contributed by atoms with Gasteiger partial charge < -0.3 is 4.74 Å². The van der Waals surface area contributed by atoms with Gasteiger partial charge in [0.15, 0.2) is 0 Å². The van der Waals surface area contributed by atoms with E-state index in [2.05, 4.69) is 19.9 Å². The third-order valence-corrected chi connectivity index (χ3v) is 4.31. The Hall–Kier alpha value is -2.56. The summed E-state index contributed by atoms with van der Waals surface area (Å²) in [6, 6.07) is 11.4. The highest BCUT2D eigenvalue weighted by molar-refractivity contribution is 6.30. The second kappa shape index (κ2) is 9.95. The van der Waals surface area contributed by atoms with Gasteiger partial charge in [-0.25, -0.2) is 5.48 Å². The average molecular weight is 386 g/mol. The van der Waals surface area contributed by atoms with E-state index < -0.39 is 5.91 Å². The molecule has 0 unspecified atom stereocenters. The second-order valence-electron chi connectivity index (χ2n) is 6.49. The van der Waals surface area contributed by atoms with Gasteiger partial charge in [0.2, 0.25) is 0 Å². The van der Waals surface area contributed by atoms with Gasteiger partial charge in [-0.1, -0.05) is 47.5 Å². The fraction of sp³-hybridized carbons (Fsp3) is 0.227. The number of carbonyl (C=O) groups excluding carboxylic acids is 1. The largest absolute Gasteiger partial charge is 0.488 e. The summed E-state index contributed by atoms with van der Waals surface area (Å²) in [6.07, 6.45) is 5.78. The highest BCUT2D eigenvalue weighted by Crippen LogP contribution is 2.30. The first-order valence-corrected chi connectivity index (χ1v) is 9.03. The molecule has 0 fully saturated rings. The molecule has 2 aromatic carbocycles. The van der Waals surface area contributed by atoms with Gasteiger partial charge in [-0.15, -0.1) is 0 Å². The first-order valence-electron chi connectivity index (χ1n) is 8.66. The molecule has 0 heterocycles. The molecule has 0 aliphatic rings. The molecule has 0 saturated carbocycles. The normalized spacial score (nSPS) is 10.7. The Balaban J connectivity index is 2.39. The van der Waals surface area contributed by atoms with Gasteiger partial charge >= 0.3 is 0 Å². The lowest BCUT2D eigenvalue weighted by atomic mass is 9.99. The predicted octanol–water partition coefficient (Wildman–Crippen LogP) is 5.25. The van der Waals surface area contributed by atoms with Gasteiger partial charge in [0.05, 0.1) is 0 Å². The summed E-state index contributed by atoms with van der Waals surface area (Å²) >= 11 is 5.94. The molecule has 0 aromatic heterocycles. The number of ether oxygens (including phenoxy) is 1. The number of rotatable bonds is 7. The van der Waals surface area contributed by atoms with Crippen molar-refractivity contribution < 1.29 is 14.7 Å². The van der Waals surface area contributed by atoms with Crippen molar-refractivity contribution in [2.45, 2.75) is 33.8 Å². The first-order chi connectivity index (χ1) is 12.9. The van der Waals surface area contributed by atoms with Crippen molar-refractivity contribution in [1.29, 1.82) is 0 Å².